The standard InChI is InChI=1S/C9H10BrNO/c1-2-3-12-9-5-7(10)4-8(11)6-9/h2,4-6H,1,3,11H2. The molecule has 1 rings (SSSR count). The van der Waals surface area contributed by atoms with E-state index < -0.39 is 0 Å². The molecule has 12 heavy (non-hydrogen) atoms. The number of rotatable bonds is 3. The molecule has 2 nitrogen and oxygen atoms in total. The van der Waals surface area contributed by atoms with Gasteiger partial charge in [-0.1, -0.05) is 28.6 Å². The lowest BCUT2D eigenvalue weighted by molar-refractivity contribution is 0.363. The number of halogens is 1. The Kier molecular flexibility index (Phi) is 3.17. The van der Waals surface area contributed by atoms with Crippen molar-refractivity contribution >= 4 is 21.6 Å². The van der Waals surface area contributed by atoms with Gasteiger partial charge in [0.15, 0.2) is 0 Å². The minimum absolute atomic E-state index is 0.496. The molecule has 0 heterocycles. The van der Waals surface area contributed by atoms with Gasteiger partial charge in [0, 0.05) is 16.2 Å². The third-order valence-corrected chi connectivity index (χ3v) is 1.72. The van der Waals surface area contributed by atoms with Gasteiger partial charge in [0.1, 0.15) is 12.4 Å². The fourth-order valence-electron chi connectivity index (χ4n) is 0.823. The van der Waals surface area contributed by atoms with Crippen molar-refractivity contribution in [2.24, 2.45) is 0 Å². The molecule has 64 valence electrons. The van der Waals surface area contributed by atoms with Crippen LogP contribution >= 0.6 is 15.9 Å². The van der Waals surface area contributed by atoms with Crippen LogP contribution in [0.15, 0.2) is 35.3 Å². The number of nitrogens with two attached hydrogens (primary N) is 1. The van der Waals surface area contributed by atoms with Crippen LogP contribution in [0, 0.1) is 0 Å². The van der Waals surface area contributed by atoms with E-state index in [0.29, 0.717) is 12.3 Å². The number of ether oxygens (including phenoxy) is 1. The highest BCUT2D eigenvalue weighted by Crippen LogP contribution is 2.22. The molecule has 0 aliphatic rings. The predicted molar refractivity (Wildman–Crippen MR) is 54.2 cm³/mol. The van der Waals surface area contributed by atoms with Gasteiger partial charge in [-0.25, -0.2) is 0 Å². The Bertz CT molecular complexity index is 266. The van der Waals surface area contributed by atoms with E-state index in [1.54, 1.807) is 12.1 Å². The first-order chi connectivity index (χ1) is 5.72. The molecule has 0 saturated heterocycles. The Morgan fingerprint density at radius 2 is 2.25 bits per heavy atom. The molecule has 0 aromatic heterocycles. The molecule has 1 aromatic carbocycles. The monoisotopic (exact) mass is 227 g/mol. The van der Waals surface area contributed by atoms with Crippen molar-refractivity contribution in [2.45, 2.75) is 0 Å². The zero-order valence-electron chi connectivity index (χ0n) is 6.59. The average Bonchev–Trinajstić information content (AvgIpc) is 1.99. The van der Waals surface area contributed by atoms with Crippen LogP contribution in [0.25, 0.3) is 0 Å². The van der Waals surface area contributed by atoms with Crippen LogP contribution in [0.5, 0.6) is 5.75 Å². The summed E-state index contributed by atoms with van der Waals surface area (Å²) in [6, 6.07) is 5.45. The summed E-state index contributed by atoms with van der Waals surface area (Å²) in [5, 5.41) is 0. The van der Waals surface area contributed by atoms with Gasteiger partial charge in [0.2, 0.25) is 0 Å². The van der Waals surface area contributed by atoms with Crippen molar-refractivity contribution in [1.29, 1.82) is 0 Å². The van der Waals surface area contributed by atoms with Crippen LogP contribution in [-0.4, -0.2) is 6.61 Å². The highest BCUT2D eigenvalue weighted by atomic mass is 79.9. The Labute approximate surface area is 80.2 Å². The molecule has 0 fully saturated rings. The second-order valence-electron chi connectivity index (χ2n) is 2.32. The summed E-state index contributed by atoms with van der Waals surface area (Å²) in [5.41, 5.74) is 6.28. The van der Waals surface area contributed by atoms with E-state index in [1.165, 1.54) is 0 Å². The van der Waals surface area contributed by atoms with Crippen molar-refractivity contribution < 1.29 is 4.74 Å². The molecule has 2 N–H and O–H groups in total. The maximum atomic E-state index is 5.60. The third-order valence-electron chi connectivity index (χ3n) is 1.26. The summed E-state index contributed by atoms with van der Waals surface area (Å²) in [7, 11) is 0. The second-order valence-corrected chi connectivity index (χ2v) is 3.24. The first kappa shape index (κ1) is 9.13. The molecule has 1 aromatic rings. The molecule has 0 saturated carbocycles. The molecular weight excluding hydrogens is 218 g/mol. The number of benzene rings is 1. The number of hydrogen-bond acceptors (Lipinski definition) is 2. The van der Waals surface area contributed by atoms with Crippen LogP contribution in [0.4, 0.5) is 5.69 Å². The molecule has 0 atom stereocenters. The first-order valence-electron chi connectivity index (χ1n) is 3.52. The summed E-state index contributed by atoms with van der Waals surface area (Å²) in [4.78, 5) is 0. The first-order valence-corrected chi connectivity index (χ1v) is 4.31. The van der Waals surface area contributed by atoms with Gasteiger partial charge >= 0.3 is 0 Å². The van der Waals surface area contributed by atoms with Crippen molar-refractivity contribution in [3.05, 3.63) is 35.3 Å². The number of anilines is 1. The number of nitrogen functional groups attached to an aromatic ring is 1. The van der Waals surface area contributed by atoms with Gasteiger partial charge < -0.3 is 10.5 Å². The SMILES string of the molecule is C=CCOc1cc(N)cc(Br)c1. The topological polar surface area (TPSA) is 35.2 Å². The predicted octanol–water partition coefficient (Wildman–Crippen LogP) is 2.60. The summed E-state index contributed by atoms with van der Waals surface area (Å²) < 4.78 is 6.21. The van der Waals surface area contributed by atoms with Gasteiger partial charge in [-0.05, 0) is 12.1 Å². The molecule has 0 radical (unpaired) electrons. The number of hydrogen-bond donors (Lipinski definition) is 1. The molecule has 3 heteroatoms. The van der Waals surface area contributed by atoms with E-state index in [2.05, 4.69) is 22.5 Å². The normalized spacial score (nSPS) is 9.42. The lowest BCUT2D eigenvalue weighted by Crippen LogP contribution is -1.94. The lowest BCUT2D eigenvalue weighted by Gasteiger charge is -2.04. The highest BCUT2D eigenvalue weighted by Gasteiger charge is 1.95. The van der Waals surface area contributed by atoms with E-state index in [0.717, 1.165) is 10.2 Å². The molecule has 0 bridgehead atoms. The lowest BCUT2D eigenvalue weighted by atomic mass is 10.3. The van der Waals surface area contributed by atoms with Crippen LogP contribution in [-0.2, 0) is 0 Å². The minimum Gasteiger partial charge on any atom is -0.489 e. The molecule has 0 spiro atoms. The Hall–Kier alpha value is -0.960. The van der Waals surface area contributed by atoms with Crippen LogP contribution in [0.2, 0.25) is 0 Å². The highest BCUT2D eigenvalue weighted by molar-refractivity contribution is 9.10. The Balaban J connectivity index is 2.78. The van der Waals surface area contributed by atoms with Gasteiger partial charge in [0.05, 0.1) is 0 Å². The van der Waals surface area contributed by atoms with Crippen molar-refractivity contribution in [2.75, 3.05) is 12.3 Å². The van der Waals surface area contributed by atoms with Gasteiger partial charge in [-0.2, -0.15) is 0 Å². The van der Waals surface area contributed by atoms with Gasteiger partial charge in [-0.3, -0.25) is 0 Å². The second kappa shape index (κ2) is 4.16. The minimum atomic E-state index is 0.496. The van der Waals surface area contributed by atoms with Gasteiger partial charge in [0.25, 0.3) is 0 Å². The van der Waals surface area contributed by atoms with E-state index in [-0.39, 0.29) is 0 Å². The van der Waals surface area contributed by atoms with Crippen LogP contribution < -0.4 is 10.5 Å². The molecule has 0 aliphatic heterocycles. The maximum absolute atomic E-state index is 5.60. The van der Waals surface area contributed by atoms with Crippen LogP contribution in [0.3, 0.4) is 0 Å². The average molecular weight is 228 g/mol. The molecular formula is C9H10BrNO. The van der Waals surface area contributed by atoms with E-state index in [9.17, 15) is 0 Å². The van der Waals surface area contributed by atoms with Gasteiger partial charge in [-0.15, -0.1) is 0 Å². The Morgan fingerprint density at radius 1 is 1.50 bits per heavy atom. The summed E-state index contributed by atoms with van der Waals surface area (Å²) >= 11 is 3.32. The van der Waals surface area contributed by atoms with E-state index >= 15 is 0 Å². The summed E-state index contributed by atoms with van der Waals surface area (Å²) in [5.74, 6) is 0.752. The third kappa shape index (κ3) is 2.58. The summed E-state index contributed by atoms with van der Waals surface area (Å²) in [6.07, 6.45) is 1.69. The molecule has 0 amide bonds. The van der Waals surface area contributed by atoms with Crippen molar-refractivity contribution in [3.8, 4) is 5.75 Å². The fourth-order valence-corrected chi connectivity index (χ4v) is 1.31. The van der Waals surface area contributed by atoms with E-state index in [4.69, 9.17) is 10.5 Å². The molecule has 0 unspecified atom stereocenters. The van der Waals surface area contributed by atoms with Crippen molar-refractivity contribution in [3.63, 3.8) is 0 Å². The maximum Gasteiger partial charge on any atom is 0.122 e. The zero-order chi connectivity index (χ0) is 8.97. The summed E-state index contributed by atoms with van der Waals surface area (Å²) in [6.45, 7) is 4.05. The zero-order valence-corrected chi connectivity index (χ0v) is 8.17. The van der Waals surface area contributed by atoms with Crippen molar-refractivity contribution in [1.82, 2.24) is 0 Å². The fraction of sp³-hybridized carbons (Fsp3) is 0.111. The smallest absolute Gasteiger partial charge is 0.122 e. The quantitative estimate of drug-likeness (QED) is 0.637. The molecule has 0 aliphatic carbocycles. The Morgan fingerprint density at radius 3 is 2.83 bits per heavy atom. The van der Waals surface area contributed by atoms with Crippen LogP contribution in [0.1, 0.15) is 0 Å². The largest absolute Gasteiger partial charge is 0.489 e. The van der Waals surface area contributed by atoms with E-state index in [1.807, 2.05) is 12.1 Å².